The lowest BCUT2D eigenvalue weighted by Crippen LogP contribution is -1.99. The van der Waals surface area contributed by atoms with E-state index in [1.165, 1.54) is 16.7 Å². The third-order valence-electron chi connectivity index (χ3n) is 3.22. The molecule has 112 valence electrons. The Morgan fingerprint density at radius 1 is 0.947 bits per heavy atom. The molecule has 0 fully saturated rings. The highest BCUT2D eigenvalue weighted by Gasteiger charge is 2.07. The summed E-state index contributed by atoms with van der Waals surface area (Å²) in [5.41, 5.74) is 4.47. The fraction of sp³-hybridized carbons (Fsp3) is 0.684. The first-order chi connectivity index (χ1) is 8.93. The van der Waals surface area contributed by atoms with Crippen LogP contribution in [0.5, 0.6) is 0 Å². The molecule has 0 rings (SSSR count). The lowest BCUT2D eigenvalue weighted by molar-refractivity contribution is 0.742. The molecule has 19 heavy (non-hydrogen) atoms. The van der Waals surface area contributed by atoms with Crippen LogP contribution < -0.4 is 0 Å². The number of hydrogen-bond donors (Lipinski definition) is 0. The second-order valence-electron chi connectivity index (χ2n) is 5.34. The van der Waals surface area contributed by atoms with E-state index in [9.17, 15) is 0 Å². The molecule has 0 aliphatic heterocycles. The first-order valence-corrected chi connectivity index (χ1v) is 8.01. The molecule has 0 aliphatic rings. The standard InChI is InChI=1S/C17H30.C2H6/c1-8-10-11-16(9-2)17(14(5)6)12-15(7)13(3)4;1-2/h10-14H,8-9H2,1-7H3;1-2H3/b11-10+,15-12+,17-16+;. The molecule has 0 nitrogen and oxygen atoms in total. The highest BCUT2D eigenvalue weighted by molar-refractivity contribution is 5.36. The van der Waals surface area contributed by atoms with Crippen LogP contribution >= 0.6 is 0 Å². The summed E-state index contributed by atoms with van der Waals surface area (Å²) < 4.78 is 0. The Bertz CT molecular complexity index is 298. The summed E-state index contributed by atoms with van der Waals surface area (Å²) in [4.78, 5) is 0. The second kappa shape index (κ2) is 12.3. The fourth-order valence-electron chi connectivity index (χ4n) is 1.72. The van der Waals surface area contributed by atoms with E-state index in [2.05, 4.69) is 66.7 Å². The van der Waals surface area contributed by atoms with Crippen LogP contribution in [0.3, 0.4) is 0 Å². The fourth-order valence-corrected chi connectivity index (χ4v) is 1.72. The highest BCUT2D eigenvalue weighted by atomic mass is 14.1. The van der Waals surface area contributed by atoms with E-state index in [-0.39, 0.29) is 0 Å². The van der Waals surface area contributed by atoms with Crippen LogP contribution in [0.25, 0.3) is 0 Å². The lowest BCUT2D eigenvalue weighted by atomic mass is 9.91. The summed E-state index contributed by atoms with van der Waals surface area (Å²) in [6, 6.07) is 0. The van der Waals surface area contributed by atoms with Crippen molar-refractivity contribution in [2.45, 2.75) is 75.2 Å². The molecular formula is C19H36. The van der Waals surface area contributed by atoms with Gasteiger partial charge in [-0.1, -0.05) is 79.2 Å². The van der Waals surface area contributed by atoms with Crippen LogP contribution in [0.15, 0.2) is 34.9 Å². The molecule has 0 heterocycles. The maximum absolute atomic E-state index is 2.40. The van der Waals surface area contributed by atoms with E-state index in [1.54, 1.807) is 0 Å². The summed E-state index contributed by atoms with van der Waals surface area (Å²) in [5, 5.41) is 0. The van der Waals surface area contributed by atoms with Gasteiger partial charge in [0, 0.05) is 0 Å². The highest BCUT2D eigenvalue weighted by Crippen LogP contribution is 2.23. The third kappa shape index (κ3) is 8.86. The van der Waals surface area contributed by atoms with Crippen LogP contribution in [-0.4, -0.2) is 0 Å². The van der Waals surface area contributed by atoms with E-state index < -0.39 is 0 Å². The maximum atomic E-state index is 2.40. The zero-order valence-corrected chi connectivity index (χ0v) is 14.8. The van der Waals surface area contributed by atoms with Crippen molar-refractivity contribution in [3.8, 4) is 0 Å². The molecule has 0 spiro atoms. The zero-order valence-electron chi connectivity index (χ0n) is 14.8. The molecule has 0 saturated carbocycles. The summed E-state index contributed by atoms with van der Waals surface area (Å²) in [6.07, 6.45) is 9.20. The van der Waals surface area contributed by atoms with Gasteiger partial charge < -0.3 is 0 Å². The van der Waals surface area contributed by atoms with E-state index >= 15 is 0 Å². The Balaban J connectivity index is 0. The molecular weight excluding hydrogens is 228 g/mol. The molecule has 0 aromatic heterocycles. The molecule has 0 aromatic rings. The average Bonchev–Trinajstić information content (AvgIpc) is 2.39. The lowest BCUT2D eigenvalue weighted by Gasteiger charge is -2.15. The number of hydrogen-bond acceptors (Lipinski definition) is 0. The molecule has 0 aliphatic carbocycles. The molecule has 0 unspecified atom stereocenters. The molecule has 0 heteroatoms. The van der Waals surface area contributed by atoms with E-state index in [4.69, 9.17) is 0 Å². The number of rotatable bonds is 6. The van der Waals surface area contributed by atoms with Crippen molar-refractivity contribution in [1.82, 2.24) is 0 Å². The summed E-state index contributed by atoms with van der Waals surface area (Å²) in [7, 11) is 0. The van der Waals surface area contributed by atoms with Crippen LogP contribution in [0, 0.1) is 11.8 Å². The quantitative estimate of drug-likeness (QED) is 0.456. The molecule has 0 amide bonds. The van der Waals surface area contributed by atoms with Crippen LogP contribution in [0.1, 0.15) is 75.2 Å². The Hall–Kier alpha value is -0.780. The van der Waals surface area contributed by atoms with Gasteiger partial charge in [-0.15, -0.1) is 0 Å². The van der Waals surface area contributed by atoms with Gasteiger partial charge in [-0.05, 0) is 42.7 Å². The maximum Gasteiger partial charge on any atom is -0.0216 e. The Labute approximate surface area is 122 Å². The first-order valence-electron chi connectivity index (χ1n) is 8.01. The molecule has 0 N–H and O–H groups in total. The van der Waals surface area contributed by atoms with Crippen molar-refractivity contribution in [3.05, 3.63) is 34.9 Å². The summed E-state index contributed by atoms with van der Waals surface area (Å²) in [5.74, 6) is 1.23. The van der Waals surface area contributed by atoms with Gasteiger partial charge in [0.25, 0.3) is 0 Å². The van der Waals surface area contributed by atoms with Crippen molar-refractivity contribution in [1.29, 1.82) is 0 Å². The smallest absolute Gasteiger partial charge is 0.0216 e. The predicted molar refractivity (Wildman–Crippen MR) is 91.5 cm³/mol. The molecule has 0 aromatic carbocycles. The minimum Gasteiger partial charge on any atom is -0.0845 e. The van der Waals surface area contributed by atoms with Gasteiger partial charge >= 0.3 is 0 Å². The van der Waals surface area contributed by atoms with Crippen LogP contribution in [0.2, 0.25) is 0 Å². The van der Waals surface area contributed by atoms with Gasteiger partial charge in [0.2, 0.25) is 0 Å². The molecule has 0 radical (unpaired) electrons. The van der Waals surface area contributed by atoms with Gasteiger partial charge in [-0.3, -0.25) is 0 Å². The predicted octanol–water partition coefficient (Wildman–Crippen LogP) is 6.94. The van der Waals surface area contributed by atoms with E-state index in [0.29, 0.717) is 11.8 Å². The van der Waals surface area contributed by atoms with Crippen molar-refractivity contribution in [3.63, 3.8) is 0 Å². The summed E-state index contributed by atoms with van der Waals surface area (Å²) >= 11 is 0. The molecule has 0 saturated heterocycles. The zero-order chi connectivity index (χ0) is 15.4. The Morgan fingerprint density at radius 3 is 1.79 bits per heavy atom. The minimum absolute atomic E-state index is 0.597. The summed E-state index contributed by atoms with van der Waals surface area (Å²) in [6.45, 7) is 19.8. The monoisotopic (exact) mass is 264 g/mol. The van der Waals surface area contributed by atoms with Gasteiger partial charge in [0.05, 0.1) is 0 Å². The Kier molecular flexibility index (Phi) is 13.3. The van der Waals surface area contributed by atoms with Crippen molar-refractivity contribution in [2.75, 3.05) is 0 Å². The SMILES string of the molecule is CC.CC/C=C/C(CC)=C(\C=C(/C)C(C)C)C(C)C. The van der Waals surface area contributed by atoms with E-state index in [1.807, 2.05) is 13.8 Å². The van der Waals surface area contributed by atoms with Gasteiger partial charge in [-0.25, -0.2) is 0 Å². The third-order valence-corrected chi connectivity index (χ3v) is 3.22. The van der Waals surface area contributed by atoms with Crippen molar-refractivity contribution < 1.29 is 0 Å². The average molecular weight is 264 g/mol. The van der Waals surface area contributed by atoms with Gasteiger partial charge in [-0.2, -0.15) is 0 Å². The van der Waals surface area contributed by atoms with Gasteiger partial charge in [0.1, 0.15) is 0 Å². The van der Waals surface area contributed by atoms with Crippen LogP contribution in [-0.2, 0) is 0 Å². The first kappa shape index (κ1) is 20.5. The van der Waals surface area contributed by atoms with Crippen molar-refractivity contribution >= 4 is 0 Å². The van der Waals surface area contributed by atoms with Gasteiger partial charge in [0.15, 0.2) is 0 Å². The number of allylic oxidation sites excluding steroid dienone is 6. The van der Waals surface area contributed by atoms with E-state index in [0.717, 1.165) is 12.8 Å². The molecule has 0 atom stereocenters. The minimum atomic E-state index is 0.597. The normalized spacial score (nSPS) is 13.7. The van der Waals surface area contributed by atoms with Crippen LogP contribution in [0.4, 0.5) is 0 Å². The topological polar surface area (TPSA) is 0 Å². The molecule has 0 bridgehead atoms. The second-order valence-corrected chi connectivity index (χ2v) is 5.34. The Morgan fingerprint density at radius 2 is 1.47 bits per heavy atom. The van der Waals surface area contributed by atoms with Crippen molar-refractivity contribution in [2.24, 2.45) is 11.8 Å². The largest absolute Gasteiger partial charge is 0.0845 e.